The van der Waals surface area contributed by atoms with Crippen molar-refractivity contribution in [2.75, 3.05) is 43.7 Å². The maximum atomic E-state index is 11.6. The topological polar surface area (TPSA) is 79.2 Å². The lowest BCUT2D eigenvalue weighted by atomic mass is 9.90. The number of nitrogens with one attached hydrogen (secondary N) is 2. The quantitative estimate of drug-likeness (QED) is 0.657. The fraction of sp³-hybridized carbons (Fsp3) is 0.444. The minimum absolute atomic E-state index is 0.0877. The van der Waals surface area contributed by atoms with E-state index >= 15 is 0 Å². The van der Waals surface area contributed by atoms with E-state index in [-0.39, 0.29) is 12.5 Å². The molecule has 6 rings (SSSR count). The third-order valence-corrected chi connectivity index (χ3v) is 7.39. The van der Waals surface area contributed by atoms with Gasteiger partial charge in [0.25, 0.3) is 11.9 Å². The Morgan fingerprint density at radius 2 is 2.09 bits per heavy atom. The number of allylic oxidation sites excluding steroid dienone is 1. The fourth-order valence-corrected chi connectivity index (χ4v) is 5.51. The number of amides is 1. The maximum absolute atomic E-state index is 11.6. The lowest BCUT2D eigenvalue weighted by molar-refractivity contribution is -0.118. The number of carbonyl (C=O) groups is 1. The number of furan rings is 1. The van der Waals surface area contributed by atoms with Gasteiger partial charge in [0.2, 0.25) is 5.88 Å². The highest BCUT2D eigenvalue weighted by molar-refractivity contribution is 5.95. The van der Waals surface area contributed by atoms with Gasteiger partial charge in [0, 0.05) is 37.3 Å². The van der Waals surface area contributed by atoms with E-state index in [4.69, 9.17) is 13.9 Å². The van der Waals surface area contributed by atoms with E-state index in [9.17, 15) is 4.79 Å². The molecule has 184 valence electrons. The molecule has 1 unspecified atom stereocenters. The molecule has 3 aliphatic heterocycles. The van der Waals surface area contributed by atoms with Crippen molar-refractivity contribution in [3.63, 3.8) is 0 Å². The second-order valence-electron chi connectivity index (χ2n) is 9.72. The number of nitrogens with zero attached hydrogens (tertiary/aromatic N) is 2. The standard InChI is InChI=1S/C27H32N4O4/c1-33-26-14-20-13-19-4-2-3-5-23(19)31(27(20)35-26)17-30-10-8-21(9-11-30)28-15-18-6-7-24-22(12-18)29-25(32)16-34-24/h2,4,6-7,12-14,21,23,28H,3,5,8-11,15-17H2,1H3,(H,29,32). The summed E-state index contributed by atoms with van der Waals surface area (Å²) in [5.41, 5.74) is 4.37. The van der Waals surface area contributed by atoms with Crippen LogP contribution in [0.5, 0.6) is 11.7 Å². The number of hydrogen-bond donors (Lipinski definition) is 2. The van der Waals surface area contributed by atoms with Gasteiger partial charge in [-0.25, -0.2) is 0 Å². The van der Waals surface area contributed by atoms with Crippen molar-refractivity contribution in [3.05, 3.63) is 53.1 Å². The van der Waals surface area contributed by atoms with Crippen molar-refractivity contribution in [2.24, 2.45) is 0 Å². The zero-order valence-electron chi connectivity index (χ0n) is 20.1. The second-order valence-corrected chi connectivity index (χ2v) is 9.72. The lowest BCUT2D eigenvalue weighted by Crippen LogP contribution is -2.50. The number of ether oxygens (including phenoxy) is 2. The monoisotopic (exact) mass is 476 g/mol. The summed E-state index contributed by atoms with van der Waals surface area (Å²) in [7, 11) is 1.65. The van der Waals surface area contributed by atoms with Crippen LogP contribution in [0.2, 0.25) is 0 Å². The average molecular weight is 477 g/mol. The Morgan fingerprint density at radius 3 is 2.94 bits per heavy atom. The van der Waals surface area contributed by atoms with Crippen LogP contribution < -0.4 is 25.0 Å². The van der Waals surface area contributed by atoms with E-state index in [0.29, 0.717) is 18.0 Å². The van der Waals surface area contributed by atoms with Gasteiger partial charge in [-0.15, -0.1) is 0 Å². The Kier molecular flexibility index (Phi) is 6.00. The molecule has 1 aliphatic carbocycles. The van der Waals surface area contributed by atoms with Crippen molar-refractivity contribution in [1.29, 1.82) is 0 Å². The summed E-state index contributed by atoms with van der Waals surface area (Å²) in [6.45, 7) is 3.80. The Morgan fingerprint density at radius 1 is 1.20 bits per heavy atom. The molecule has 0 saturated carbocycles. The van der Waals surface area contributed by atoms with Gasteiger partial charge in [-0.3, -0.25) is 9.69 Å². The van der Waals surface area contributed by atoms with Gasteiger partial charge in [0.15, 0.2) is 6.61 Å². The number of methoxy groups -OCH3 is 1. The normalized spacial score (nSPS) is 22.0. The molecule has 35 heavy (non-hydrogen) atoms. The van der Waals surface area contributed by atoms with Crippen LogP contribution in [0.3, 0.4) is 0 Å². The Balaban J connectivity index is 1.06. The predicted molar refractivity (Wildman–Crippen MR) is 135 cm³/mol. The Hall–Kier alpha value is -3.23. The first kappa shape index (κ1) is 22.2. The summed E-state index contributed by atoms with van der Waals surface area (Å²) in [5.74, 6) is 2.13. The Bertz CT molecular complexity index is 1160. The number of carbonyl (C=O) groups excluding carboxylic acids is 1. The minimum Gasteiger partial charge on any atom is -0.482 e. The zero-order chi connectivity index (χ0) is 23.8. The van der Waals surface area contributed by atoms with E-state index in [1.54, 1.807) is 7.11 Å². The number of hydrogen-bond acceptors (Lipinski definition) is 7. The molecule has 1 fully saturated rings. The zero-order valence-corrected chi connectivity index (χ0v) is 20.1. The van der Waals surface area contributed by atoms with Crippen LogP contribution in [0.1, 0.15) is 36.8 Å². The largest absolute Gasteiger partial charge is 0.482 e. The molecule has 1 saturated heterocycles. The Labute approximate surface area is 205 Å². The van der Waals surface area contributed by atoms with E-state index in [1.165, 1.54) is 5.57 Å². The maximum Gasteiger partial charge on any atom is 0.286 e. The van der Waals surface area contributed by atoms with Crippen molar-refractivity contribution >= 4 is 23.6 Å². The summed E-state index contributed by atoms with van der Waals surface area (Å²) in [6.07, 6.45) is 11.2. The molecular formula is C27H32N4O4. The van der Waals surface area contributed by atoms with Gasteiger partial charge in [-0.05, 0) is 55.0 Å². The number of piperidine rings is 1. The molecule has 1 atom stereocenters. The van der Waals surface area contributed by atoms with Crippen molar-refractivity contribution in [1.82, 2.24) is 10.2 Å². The SMILES string of the molecule is COc1cc2c(o1)N(CN1CCC(NCc3ccc4c(c3)NC(=O)CO4)CC1)C1CCC=CC1=C2. The number of anilines is 2. The minimum atomic E-state index is -0.101. The molecule has 1 amide bonds. The van der Waals surface area contributed by atoms with Gasteiger partial charge >= 0.3 is 0 Å². The average Bonchev–Trinajstić information content (AvgIpc) is 3.31. The van der Waals surface area contributed by atoms with Crippen LogP contribution in [-0.4, -0.2) is 56.4 Å². The summed E-state index contributed by atoms with van der Waals surface area (Å²) >= 11 is 0. The number of rotatable bonds is 6. The first-order valence-corrected chi connectivity index (χ1v) is 12.5. The molecule has 8 heteroatoms. The molecule has 2 aromatic rings. The highest BCUT2D eigenvalue weighted by Crippen LogP contribution is 2.41. The summed E-state index contributed by atoms with van der Waals surface area (Å²) in [6, 6.07) is 8.82. The van der Waals surface area contributed by atoms with Gasteiger partial charge in [-0.1, -0.05) is 18.2 Å². The van der Waals surface area contributed by atoms with Crippen LogP contribution in [-0.2, 0) is 11.3 Å². The van der Waals surface area contributed by atoms with Crippen LogP contribution in [0.25, 0.3) is 6.08 Å². The number of likely N-dealkylation sites (tertiary alicyclic amines) is 1. The van der Waals surface area contributed by atoms with Gasteiger partial charge in [0.05, 0.1) is 25.5 Å². The molecule has 8 nitrogen and oxygen atoms in total. The predicted octanol–water partition coefficient (Wildman–Crippen LogP) is 3.75. The summed E-state index contributed by atoms with van der Waals surface area (Å²) in [5, 5.41) is 6.59. The molecule has 0 radical (unpaired) electrons. The first-order chi connectivity index (χ1) is 17.2. The smallest absolute Gasteiger partial charge is 0.286 e. The van der Waals surface area contributed by atoms with Crippen LogP contribution in [0.4, 0.5) is 11.6 Å². The van der Waals surface area contributed by atoms with Gasteiger partial charge in [0.1, 0.15) is 5.75 Å². The highest BCUT2D eigenvalue weighted by Gasteiger charge is 2.34. The molecule has 0 spiro atoms. The number of fused-ring (bicyclic) bond motifs is 3. The molecule has 0 bridgehead atoms. The second kappa shape index (κ2) is 9.43. The first-order valence-electron chi connectivity index (χ1n) is 12.5. The molecular weight excluding hydrogens is 444 g/mol. The van der Waals surface area contributed by atoms with E-state index in [1.807, 2.05) is 18.2 Å². The highest BCUT2D eigenvalue weighted by atomic mass is 16.6. The van der Waals surface area contributed by atoms with Crippen molar-refractivity contribution < 1.29 is 18.7 Å². The van der Waals surface area contributed by atoms with E-state index < -0.39 is 0 Å². The third kappa shape index (κ3) is 4.56. The van der Waals surface area contributed by atoms with Gasteiger partial charge < -0.3 is 29.4 Å². The molecule has 1 aromatic heterocycles. The van der Waals surface area contributed by atoms with E-state index in [0.717, 1.165) is 80.4 Å². The van der Waals surface area contributed by atoms with Crippen LogP contribution in [0, 0.1) is 0 Å². The van der Waals surface area contributed by atoms with Crippen LogP contribution in [0.15, 0.2) is 46.4 Å². The van der Waals surface area contributed by atoms with Gasteiger partial charge in [-0.2, -0.15) is 0 Å². The molecule has 2 N–H and O–H groups in total. The molecule has 4 heterocycles. The van der Waals surface area contributed by atoms with Crippen molar-refractivity contribution in [2.45, 2.75) is 44.3 Å². The van der Waals surface area contributed by atoms with Crippen LogP contribution >= 0.6 is 0 Å². The molecule has 4 aliphatic rings. The third-order valence-electron chi connectivity index (χ3n) is 7.39. The molecule has 1 aromatic carbocycles. The number of benzene rings is 1. The fourth-order valence-electron chi connectivity index (χ4n) is 5.51. The summed E-state index contributed by atoms with van der Waals surface area (Å²) in [4.78, 5) is 16.6. The summed E-state index contributed by atoms with van der Waals surface area (Å²) < 4.78 is 16.9. The van der Waals surface area contributed by atoms with E-state index in [2.05, 4.69) is 44.7 Å². The lowest BCUT2D eigenvalue weighted by Gasteiger charge is -2.42. The van der Waals surface area contributed by atoms with Crippen molar-refractivity contribution in [3.8, 4) is 11.7 Å².